The molecular formula is C64H38N6S. The number of nitrogens with zero attached hydrogens (tertiary/aromatic N) is 6. The van der Waals surface area contributed by atoms with Gasteiger partial charge in [-0.05, 0) is 82.9 Å². The van der Waals surface area contributed by atoms with Crippen LogP contribution >= 0.6 is 11.3 Å². The highest BCUT2D eigenvalue weighted by molar-refractivity contribution is 7.25. The minimum Gasteiger partial charge on any atom is -0.309 e. The summed E-state index contributed by atoms with van der Waals surface area (Å²) in [6.45, 7) is 0. The fourth-order valence-corrected chi connectivity index (χ4v) is 11.6. The zero-order chi connectivity index (χ0) is 47.0. The van der Waals surface area contributed by atoms with E-state index in [0.717, 1.165) is 93.9 Å². The molecule has 0 aliphatic rings. The van der Waals surface area contributed by atoms with Crippen molar-refractivity contribution in [3.8, 4) is 73.9 Å². The summed E-state index contributed by atoms with van der Waals surface area (Å²) in [4.78, 5) is 15.3. The summed E-state index contributed by atoms with van der Waals surface area (Å²) in [5.41, 5.74) is 13.6. The van der Waals surface area contributed by atoms with Crippen LogP contribution < -0.4 is 0 Å². The molecule has 0 bridgehead atoms. The van der Waals surface area contributed by atoms with E-state index in [-0.39, 0.29) is 0 Å². The third-order valence-corrected chi connectivity index (χ3v) is 15.0. The fourth-order valence-electron chi connectivity index (χ4n) is 10.5. The molecule has 0 N–H and O–H groups in total. The SMILES string of the molecule is N#Cc1cc(-c2nc(-c3ccc(-c4ccccc4)cc3)nc(-c3ccc(-c4ccccc4)cc3)n2)ccc1-n1c2ccccc2c2ccc3c(c4ccccc4n3-c3ccc4sc5ccccc5c4c3)c21. The molecule has 0 spiro atoms. The predicted octanol–water partition coefficient (Wildman–Crippen LogP) is 16.6. The Morgan fingerprint density at radius 1 is 0.352 bits per heavy atom. The quantitative estimate of drug-likeness (QED) is 0.160. The topological polar surface area (TPSA) is 72.3 Å². The molecule has 14 rings (SSSR count). The van der Waals surface area contributed by atoms with Crippen LogP contribution in [-0.2, 0) is 0 Å². The Labute approximate surface area is 412 Å². The lowest BCUT2D eigenvalue weighted by Gasteiger charge is -2.13. The van der Waals surface area contributed by atoms with Crippen molar-refractivity contribution in [3.63, 3.8) is 0 Å². The van der Waals surface area contributed by atoms with Crippen molar-refractivity contribution in [2.45, 2.75) is 0 Å². The van der Waals surface area contributed by atoms with E-state index in [1.54, 1.807) is 0 Å². The van der Waals surface area contributed by atoms with Gasteiger partial charge in [0.15, 0.2) is 17.5 Å². The van der Waals surface area contributed by atoms with Gasteiger partial charge in [0.1, 0.15) is 6.07 Å². The molecule has 71 heavy (non-hydrogen) atoms. The van der Waals surface area contributed by atoms with Crippen LogP contribution in [0.3, 0.4) is 0 Å². The second kappa shape index (κ2) is 16.3. The van der Waals surface area contributed by atoms with E-state index in [4.69, 9.17) is 15.0 Å². The van der Waals surface area contributed by atoms with E-state index in [0.29, 0.717) is 23.0 Å². The van der Waals surface area contributed by atoms with Gasteiger partial charge in [0.25, 0.3) is 0 Å². The van der Waals surface area contributed by atoms with Gasteiger partial charge >= 0.3 is 0 Å². The normalized spacial score (nSPS) is 11.6. The van der Waals surface area contributed by atoms with Crippen LogP contribution in [0, 0.1) is 11.3 Å². The molecule has 6 nitrogen and oxygen atoms in total. The number of hydrogen-bond donors (Lipinski definition) is 0. The summed E-state index contributed by atoms with van der Waals surface area (Å²) in [5.74, 6) is 1.58. The van der Waals surface area contributed by atoms with Gasteiger partial charge in [-0.1, -0.05) is 170 Å². The minimum atomic E-state index is 0.482. The van der Waals surface area contributed by atoms with Crippen molar-refractivity contribution in [1.29, 1.82) is 5.26 Å². The Kier molecular flexibility index (Phi) is 9.34. The highest BCUT2D eigenvalue weighted by Gasteiger charge is 2.23. The number of thiophene rings is 1. The van der Waals surface area contributed by atoms with Crippen LogP contribution in [0.15, 0.2) is 231 Å². The standard InChI is InChI=1S/C64H38N6S/c65-39-47-37-46(64-67-62(44-27-23-42(24-28-44)40-13-3-1-4-14-40)66-63(68-64)45-29-25-43(26-30-45)41-15-5-2-6-16-41)31-34-54(47)70-55-20-10-7-17-49(55)51-33-35-57-60(61(51)70)52-19-8-11-21-56(52)69(57)48-32-36-59-53(38-48)50-18-9-12-22-58(50)71-59/h1-38H. The Morgan fingerprint density at radius 3 is 1.51 bits per heavy atom. The highest BCUT2D eigenvalue weighted by atomic mass is 32.1. The van der Waals surface area contributed by atoms with Crippen molar-refractivity contribution < 1.29 is 0 Å². The summed E-state index contributed by atoms with van der Waals surface area (Å²) in [7, 11) is 0. The molecule has 0 aliphatic carbocycles. The van der Waals surface area contributed by atoms with Crippen LogP contribution in [0.25, 0.3) is 132 Å². The molecule has 0 unspecified atom stereocenters. The van der Waals surface area contributed by atoms with Crippen LogP contribution in [-0.4, -0.2) is 24.1 Å². The van der Waals surface area contributed by atoms with E-state index in [2.05, 4.69) is 197 Å². The number of benzene rings is 10. The van der Waals surface area contributed by atoms with Crippen molar-refractivity contribution in [3.05, 3.63) is 236 Å². The van der Waals surface area contributed by atoms with Gasteiger partial charge in [-0.25, -0.2) is 15.0 Å². The molecule has 10 aromatic carbocycles. The van der Waals surface area contributed by atoms with Crippen LogP contribution in [0.2, 0.25) is 0 Å². The number of nitriles is 1. The van der Waals surface area contributed by atoms with Crippen LogP contribution in [0.5, 0.6) is 0 Å². The molecule has 330 valence electrons. The first-order valence-electron chi connectivity index (χ1n) is 23.6. The fraction of sp³-hybridized carbons (Fsp3) is 0. The van der Waals surface area contributed by atoms with Crippen molar-refractivity contribution in [2.75, 3.05) is 0 Å². The van der Waals surface area contributed by atoms with Gasteiger partial charge in [-0.2, -0.15) is 5.26 Å². The average Bonchev–Trinajstić information content (AvgIpc) is 4.11. The lowest BCUT2D eigenvalue weighted by molar-refractivity contribution is 1.07. The van der Waals surface area contributed by atoms with Gasteiger partial charge in [0.05, 0.1) is 33.3 Å². The molecule has 7 heteroatoms. The summed E-state index contributed by atoms with van der Waals surface area (Å²) >= 11 is 1.83. The predicted molar refractivity (Wildman–Crippen MR) is 293 cm³/mol. The van der Waals surface area contributed by atoms with Crippen molar-refractivity contribution in [2.24, 2.45) is 0 Å². The molecule has 0 atom stereocenters. The first-order valence-corrected chi connectivity index (χ1v) is 24.5. The maximum Gasteiger partial charge on any atom is 0.164 e. The van der Waals surface area contributed by atoms with Gasteiger partial charge in [-0.15, -0.1) is 11.3 Å². The summed E-state index contributed by atoms with van der Waals surface area (Å²) in [6.07, 6.45) is 0. The average molecular weight is 923 g/mol. The maximum atomic E-state index is 11.2. The van der Waals surface area contributed by atoms with Gasteiger partial charge in [0.2, 0.25) is 0 Å². The van der Waals surface area contributed by atoms with E-state index in [1.807, 2.05) is 59.9 Å². The summed E-state index contributed by atoms with van der Waals surface area (Å²) < 4.78 is 7.23. The van der Waals surface area contributed by atoms with Gasteiger partial charge in [-0.3, -0.25) is 0 Å². The zero-order valence-corrected chi connectivity index (χ0v) is 38.8. The first-order chi connectivity index (χ1) is 35.1. The van der Waals surface area contributed by atoms with E-state index in [1.165, 1.54) is 20.2 Å². The molecule has 0 fully saturated rings. The highest BCUT2D eigenvalue weighted by Crippen LogP contribution is 2.44. The molecule has 14 aromatic rings. The molecule has 4 aromatic heterocycles. The van der Waals surface area contributed by atoms with Crippen LogP contribution in [0.4, 0.5) is 0 Å². The van der Waals surface area contributed by atoms with Crippen molar-refractivity contribution in [1.82, 2.24) is 24.1 Å². The van der Waals surface area contributed by atoms with E-state index < -0.39 is 0 Å². The van der Waals surface area contributed by atoms with Crippen molar-refractivity contribution >= 4 is 75.1 Å². The summed E-state index contributed by atoms with van der Waals surface area (Å²) in [5, 5.41) is 18.2. The molecule has 4 heterocycles. The monoisotopic (exact) mass is 922 g/mol. The third kappa shape index (κ3) is 6.65. The first kappa shape index (κ1) is 40.6. The molecule has 0 saturated heterocycles. The number of fused-ring (bicyclic) bond motifs is 10. The Morgan fingerprint density at radius 2 is 0.859 bits per heavy atom. The Bertz CT molecular complexity index is 4350. The second-order valence-electron chi connectivity index (χ2n) is 17.9. The van der Waals surface area contributed by atoms with Crippen LogP contribution in [0.1, 0.15) is 5.56 Å². The largest absolute Gasteiger partial charge is 0.309 e. The third-order valence-electron chi connectivity index (χ3n) is 13.8. The second-order valence-corrected chi connectivity index (χ2v) is 19.0. The van der Waals surface area contributed by atoms with Gasteiger partial charge < -0.3 is 9.13 Å². The zero-order valence-electron chi connectivity index (χ0n) is 38.0. The number of para-hydroxylation sites is 2. The smallest absolute Gasteiger partial charge is 0.164 e. The Balaban J connectivity index is 0.947. The lowest BCUT2D eigenvalue weighted by atomic mass is 10.0. The number of aromatic nitrogens is 5. The lowest BCUT2D eigenvalue weighted by Crippen LogP contribution is -2.02. The molecular weight excluding hydrogens is 885 g/mol. The minimum absolute atomic E-state index is 0.482. The summed E-state index contributed by atoms with van der Waals surface area (Å²) in [6, 6.07) is 83.2. The Hall–Kier alpha value is -9.48. The molecule has 0 amide bonds. The molecule has 0 saturated carbocycles. The number of rotatable bonds is 7. The maximum absolute atomic E-state index is 11.2. The molecule has 0 radical (unpaired) electrons. The molecule has 0 aliphatic heterocycles. The van der Waals surface area contributed by atoms with E-state index in [9.17, 15) is 5.26 Å². The van der Waals surface area contributed by atoms with Gasteiger partial charge in [0, 0.05) is 64.1 Å². The van der Waals surface area contributed by atoms with E-state index >= 15 is 0 Å². The number of hydrogen-bond acceptors (Lipinski definition) is 5.